The molecule has 2 amide bonds. The first kappa shape index (κ1) is 54.4. The Bertz CT molecular complexity index is 2550. The van der Waals surface area contributed by atoms with Crippen LogP contribution < -0.4 is 29.6 Å². The fourth-order valence-electron chi connectivity index (χ4n) is 8.93. The van der Waals surface area contributed by atoms with Crippen LogP contribution in [0.5, 0.6) is 0 Å². The van der Waals surface area contributed by atoms with Gasteiger partial charge in [-0.1, -0.05) is 109 Å². The summed E-state index contributed by atoms with van der Waals surface area (Å²) in [5.74, 6) is 0.0747. The predicted octanol–water partition coefficient (Wildman–Crippen LogP) is 8.96. The zero-order valence-corrected chi connectivity index (χ0v) is 43.3. The fourth-order valence-corrected chi connectivity index (χ4v) is 10.8. The number of ether oxygens (including phenoxy) is 2. The third-order valence-corrected chi connectivity index (χ3v) is 15.4. The van der Waals surface area contributed by atoms with Crippen LogP contribution in [0.3, 0.4) is 0 Å². The minimum atomic E-state index is -0.700. The number of cyclic esters (lactones) is 2. The van der Waals surface area contributed by atoms with E-state index >= 15 is 0 Å². The van der Waals surface area contributed by atoms with Gasteiger partial charge in [0.1, 0.15) is 11.2 Å². The molecule has 3 radical (unpaired) electrons. The number of rotatable bonds is 16. The maximum Gasteiger partial charge on any atom is 1.00 e. The molecule has 4 aromatic carbocycles. The zero-order chi connectivity index (χ0) is 46.8. The summed E-state index contributed by atoms with van der Waals surface area (Å²) < 4.78 is 12.2. The second kappa shape index (κ2) is 24.8. The average molecular weight is 964 g/mol. The Balaban J connectivity index is 0.000000288. The van der Waals surface area contributed by atoms with Crippen LogP contribution in [-0.4, -0.2) is 77.8 Å². The summed E-state index contributed by atoms with van der Waals surface area (Å²) in [5.41, 5.74) is 4.79. The van der Waals surface area contributed by atoms with E-state index in [1.165, 1.54) is 11.3 Å². The number of hydrogen-bond donors (Lipinski definition) is 3. The van der Waals surface area contributed by atoms with Crippen LogP contribution in [-0.2, 0) is 20.7 Å². The number of aliphatic hydroxyl groups is 3. The van der Waals surface area contributed by atoms with Gasteiger partial charge in [0.25, 0.3) is 0 Å². The molecule has 2 saturated heterocycles. The van der Waals surface area contributed by atoms with E-state index in [0.29, 0.717) is 51.6 Å². The molecule has 2 aliphatic rings. The van der Waals surface area contributed by atoms with Gasteiger partial charge in [-0.15, -0.1) is 22.7 Å². The number of benzene rings is 4. The molecule has 10 nitrogen and oxygen atoms in total. The van der Waals surface area contributed by atoms with Crippen molar-refractivity contribution in [2.24, 2.45) is 0 Å². The first-order valence-electron chi connectivity index (χ1n) is 22.8. The molecular formula is C54H61BN2NaO8S2. The maximum atomic E-state index is 13.1. The smallest absolute Gasteiger partial charge is 1.00 e. The van der Waals surface area contributed by atoms with Crippen LogP contribution >= 0.6 is 22.7 Å². The Morgan fingerprint density at radius 2 is 1.04 bits per heavy atom. The van der Waals surface area contributed by atoms with Gasteiger partial charge >= 0.3 is 41.7 Å². The first-order chi connectivity index (χ1) is 31.9. The quantitative estimate of drug-likeness (QED) is 0.0647. The Morgan fingerprint density at radius 3 is 1.40 bits per heavy atom. The van der Waals surface area contributed by atoms with E-state index in [-0.39, 0.29) is 82.7 Å². The van der Waals surface area contributed by atoms with Crippen molar-refractivity contribution < 1.29 is 70.2 Å². The van der Waals surface area contributed by atoms with Gasteiger partial charge in [-0.2, -0.15) is 0 Å². The topological polar surface area (TPSA) is 137 Å². The number of Topliss-reactive ketones (excluding diaryl/α,β-unsaturated/α-hetero) is 1. The molecular weight excluding hydrogens is 903 g/mol. The maximum absolute atomic E-state index is 13.1. The van der Waals surface area contributed by atoms with E-state index in [0.717, 1.165) is 52.9 Å². The number of aliphatic hydroxyl groups excluding tert-OH is 3. The van der Waals surface area contributed by atoms with Gasteiger partial charge in [-0.05, 0) is 111 Å². The van der Waals surface area contributed by atoms with E-state index in [9.17, 15) is 29.7 Å². The van der Waals surface area contributed by atoms with Crippen LogP contribution in [0.2, 0.25) is 0 Å². The molecule has 0 saturated carbocycles. The molecule has 351 valence electrons. The van der Waals surface area contributed by atoms with Crippen molar-refractivity contribution in [3.63, 3.8) is 0 Å². The minimum Gasteiger partial charge on any atom is -1.00 e. The summed E-state index contributed by atoms with van der Waals surface area (Å²) in [4.78, 5) is 45.3. The SMILES string of the molecule is CC(=O)c1ccc(-c2ccc([C@H](C)N3CC[C@](CCCO)(c4ccccc4)OC3=O)cc2)s1.CC(O)c1ccc(-c2ccc([C@H](C)N3CC[C@](CCCO)(c4ccccc4)OC3=O)cc2)s1.[B].[H-].[Na+]. The van der Waals surface area contributed by atoms with Gasteiger partial charge in [0, 0.05) is 62.2 Å². The van der Waals surface area contributed by atoms with Crippen LogP contribution in [0.25, 0.3) is 20.9 Å². The molecule has 6 aromatic rings. The second-order valence-electron chi connectivity index (χ2n) is 17.2. The zero-order valence-electron chi connectivity index (χ0n) is 40.7. The molecule has 4 heterocycles. The minimum absolute atomic E-state index is 0. The van der Waals surface area contributed by atoms with E-state index in [1.54, 1.807) is 35.0 Å². The normalized spacial score (nSPS) is 19.2. The van der Waals surface area contributed by atoms with Crippen LogP contribution in [0.1, 0.15) is 123 Å². The number of nitrogens with zero attached hydrogens (tertiary/aromatic N) is 2. The van der Waals surface area contributed by atoms with Crippen LogP contribution in [0.15, 0.2) is 133 Å². The molecule has 5 atom stereocenters. The van der Waals surface area contributed by atoms with E-state index < -0.39 is 17.3 Å². The molecule has 8 rings (SSSR count). The van der Waals surface area contributed by atoms with E-state index in [4.69, 9.17) is 9.47 Å². The Kier molecular flexibility index (Phi) is 19.8. The number of thiophene rings is 2. The third-order valence-electron chi connectivity index (χ3n) is 12.9. The van der Waals surface area contributed by atoms with Gasteiger partial charge in [0.15, 0.2) is 5.78 Å². The third kappa shape index (κ3) is 12.6. The Labute approximate surface area is 434 Å². The summed E-state index contributed by atoms with van der Waals surface area (Å²) in [5, 5.41) is 28.5. The summed E-state index contributed by atoms with van der Waals surface area (Å²) in [6, 6.07) is 43.6. The molecule has 68 heavy (non-hydrogen) atoms. The van der Waals surface area contributed by atoms with Crippen molar-refractivity contribution in [2.75, 3.05) is 26.3 Å². The van der Waals surface area contributed by atoms with Crippen molar-refractivity contribution >= 4 is 49.1 Å². The van der Waals surface area contributed by atoms with Gasteiger partial charge < -0.3 is 36.0 Å². The van der Waals surface area contributed by atoms with Crippen molar-refractivity contribution in [1.29, 1.82) is 0 Å². The fraction of sp³-hybridized carbons (Fsp3) is 0.352. The van der Waals surface area contributed by atoms with Gasteiger partial charge in [0.2, 0.25) is 0 Å². The number of ketones is 1. The number of hydrogen-bond acceptors (Lipinski definition) is 10. The first-order valence-corrected chi connectivity index (χ1v) is 24.4. The standard InChI is InChI=1S/C27H31NO4S.C27H29NO4S.B.Na.H/c2*1-19(21-9-11-22(12-10-21)25-14-13-24(33-25)20(2)30)28-17-16-27(15-6-18-29,32-26(28)31)23-7-4-3-5-8-23;;;/h3-5,7-14,19-20,29-30H,6,15-18H2,1-2H3;3-5,7-14,19,29H,6,15-18H2,1-2H3;;;/q;;;+1;-1/t19-,20?,27+;19-,27+;;;/m00.../s1. The molecule has 0 aliphatic carbocycles. The number of carbonyl (C=O) groups is 3. The number of carbonyl (C=O) groups excluding carboxylic acids is 3. The molecule has 0 spiro atoms. The van der Waals surface area contributed by atoms with Crippen molar-refractivity contribution in [3.05, 3.63) is 165 Å². The van der Waals surface area contributed by atoms with E-state index in [2.05, 4.69) is 24.3 Å². The van der Waals surface area contributed by atoms with E-state index in [1.807, 2.05) is 123 Å². The van der Waals surface area contributed by atoms with Crippen molar-refractivity contribution in [3.8, 4) is 20.9 Å². The molecule has 2 fully saturated rings. The molecule has 14 heteroatoms. The monoisotopic (exact) mass is 963 g/mol. The largest absolute Gasteiger partial charge is 1.00 e. The predicted molar refractivity (Wildman–Crippen MR) is 268 cm³/mol. The average Bonchev–Trinajstić information content (AvgIpc) is 4.06. The van der Waals surface area contributed by atoms with Gasteiger partial charge in [-0.3, -0.25) is 4.79 Å². The summed E-state index contributed by atoms with van der Waals surface area (Å²) >= 11 is 3.08. The molecule has 2 aromatic heterocycles. The molecule has 1 unspecified atom stereocenters. The molecule has 0 bridgehead atoms. The summed E-state index contributed by atoms with van der Waals surface area (Å²) in [7, 11) is 0. The molecule has 3 N–H and O–H groups in total. The van der Waals surface area contributed by atoms with Crippen LogP contribution in [0.4, 0.5) is 9.59 Å². The molecule has 2 aliphatic heterocycles. The number of amides is 2. The van der Waals surface area contributed by atoms with Crippen molar-refractivity contribution in [2.45, 2.75) is 95.6 Å². The Morgan fingerprint density at radius 1 is 0.632 bits per heavy atom. The second-order valence-corrected chi connectivity index (χ2v) is 19.4. The Hall–Kier alpha value is -4.57. The van der Waals surface area contributed by atoms with Gasteiger partial charge in [-0.25, -0.2) is 9.59 Å². The van der Waals surface area contributed by atoms with Crippen molar-refractivity contribution in [1.82, 2.24) is 9.80 Å². The summed E-state index contributed by atoms with van der Waals surface area (Å²) in [6.45, 7) is 8.69. The van der Waals surface area contributed by atoms with Gasteiger partial charge in [0.05, 0.1) is 23.1 Å². The summed E-state index contributed by atoms with van der Waals surface area (Å²) in [6.07, 6.45) is 2.60. The van der Waals surface area contributed by atoms with Crippen LogP contribution in [0, 0.1) is 0 Å².